The van der Waals surface area contributed by atoms with E-state index in [-0.39, 0.29) is 0 Å². The van der Waals surface area contributed by atoms with Gasteiger partial charge >= 0.3 is 0 Å². The van der Waals surface area contributed by atoms with Crippen molar-refractivity contribution in [2.75, 3.05) is 19.6 Å². The van der Waals surface area contributed by atoms with E-state index in [0.717, 1.165) is 24.1 Å². The van der Waals surface area contributed by atoms with Crippen molar-refractivity contribution in [1.82, 2.24) is 10.2 Å². The predicted octanol–water partition coefficient (Wildman–Crippen LogP) is 2.63. The summed E-state index contributed by atoms with van der Waals surface area (Å²) in [5.74, 6) is 0. The lowest BCUT2D eigenvalue weighted by atomic mass is 10.2. The maximum Gasteiger partial charge on any atom is 0.0234 e. The van der Waals surface area contributed by atoms with E-state index < -0.39 is 0 Å². The minimum atomic E-state index is 0.662. The fourth-order valence-corrected chi connectivity index (χ4v) is 2.33. The molecule has 1 atom stereocenters. The normalized spacial score (nSPS) is 23.0. The van der Waals surface area contributed by atoms with Gasteiger partial charge in [0.25, 0.3) is 0 Å². The molecule has 1 aromatic rings. The topological polar surface area (TPSA) is 15.3 Å². The quantitative estimate of drug-likeness (QED) is 0.897. The molecule has 1 fully saturated rings. The first-order valence-electron chi connectivity index (χ1n) is 5.94. The van der Waals surface area contributed by atoms with Crippen LogP contribution in [0.25, 0.3) is 0 Å². The Balaban J connectivity index is 1.91. The third kappa shape index (κ3) is 3.58. The molecule has 1 N–H and O–H groups in total. The highest BCUT2D eigenvalue weighted by molar-refractivity contribution is 9.10. The minimum Gasteiger partial charge on any atom is -0.313 e. The molecule has 1 aliphatic rings. The fraction of sp³-hybridized carbons (Fsp3) is 0.538. The van der Waals surface area contributed by atoms with Gasteiger partial charge in [0.05, 0.1) is 0 Å². The van der Waals surface area contributed by atoms with Crippen molar-refractivity contribution in [3.63, 3.8) is 0 Å². The molecule has 0 bridgehead atoms. The SMILES string of the molecule is CC1CCN(Cc2ccc(Br)cc2)CCN1. The number of nitrogens with zero attached hydrogens (tertiary/aromatic N) is 1. The zero-order valence-corrected chi connectivity index (χ0v) is 11.3. The van der Waals surface area contributed by atoms with Crippen LogP contribution in [0.1, 0.15) is 18.9 Å². The third-order valence-electron chi connectivity index (χ3n) is 3.12. The second-order valence-corrected chi connectivity index (χ2v) is 5.46. The highest BCUT2D eigenvalue weighted by Gasteiger charge is 2.12. The Labute approximate surface area is 106 Å². The maximum atomic E-state index is 3.52. The lowest BCUT2D eigenvalue weighted by Crippen LogP contribution is -2.28. The van der Waals surface area contributed by atoms with Crippen LogP contribution in [0, 0.1) is 0 Å². The molecule has 0 aromatic heterocycles. The summed E-state index contributed by atoms with van der Waals surface area (Å²) in [4.78, 5) is 2.53. The Kier molecular flexibility index (Phi) is 4.38. The van der Waals surface area contributed by atoms with E-state index in [0.29, 0.717) is 6.04 Å². The van der Waals surface area contributed by atoms with Crippen molar-refractivity contribution in [3.8, 4) is 0 Å². The molecule has 16 heavy (non-hydrogen) atoms. The van der Waals surface area contributed by atoms with Crippen LogP contribution in [0.3, 0.4) is 0 Å². The molecule has 1 heterocycles. The first-order valence-corrected chi connectivity index (χ1v) is 6.73. The molecule has 0 radical (unpaired) electrons. The molecule has 1 unspecified atom stereocenters. The second kappa shape index (κ2) is 5.80. The highest BCUT2D eigenvalue weighted by atomic mass is 79.9. The monoisotopic (exact) mass is 282 g/mol. The first kappa shape index (κ1) is 12.1. The van der Waals surface area contributed by atoms with Gasteiger partial charge in [0.15, 0.2) is 0 Å². The van der Waals surface area contributed by atoms with Crippen molar-refractivity contribution < 1.29 is 0 Å². The zero-order valence-electron chi connectivity index (χ0n) is 9.75. The zero-order chi connectivity index (χ0) is 11.4. The van der Waals surface area contributed by atoms with Crippen LogP contribution in [-0.2, 0) is 6.54 Å². The van der Waals surface area contributed by atoms with Gasteiger partial charge in [0, 0.05) is 36.7 Å². The Bertz CT molecular complexity index is 323. The van der Waals surface area contributed by atoms with E-state index in [9.17, 15) is 0 Å². The van der Waals surface area contributed by atoms with Gasteiger partial charge in [-0.1, -0.05) is 28.1 Å². The lowest BCUT2D eigenvalue weighted by molar-refractivity contribution is 0.282. The summed E-state index contributed by atoms with van der Waals surface area (Å²) >= 11 is 3.47. The summed E-state index contributed by atoms with van der Waals surface area (Å²) in [6.45, 7) is 6.80. The van der Waals surface area contributed by atoms with Crippen LogP contribution in [0.2, 0.25) is 0 Å². The van der Waals surface area contributed by atoms with Gasteiger partial charge in [-0.3, -0.25) is 4.90 Å². The van der Waals surface area contributed by atoms with Crippen molar-refractivity contribution in [1.29, 1.82) is 0 Å². The van der Waals surface area contributed by atoms with Crippen LogP contribution in [0.5, 0.6) is 0 Å². The second-order valence-electron chi connectivity index (χ2n) is 4.55. The van der Waals surface area contributed by atoms with Gasteiger partial charge in [-0.25, -0.2) is 0 Å². The van der Waals surface area contributed by atoms with Crippen LogP contribution in [0.4, 0.5) is 0 Å². The smallest absolute Gasteiger partial charge is 0.0234 e. The highest BCUT2D eigenvalue weighted by Crippen LogP contribution is 2.13. The van der Waals surface area contributed by atoms with Gasteiger partial charge in [-0.05, 0) is 31.0 Å². The van der Waals surface area contributed by atoms with Gasteiger partial charge in [0.2, 0.25) is 0 Å². The van der Waals surface area contributed by atoms with E-state index in [2.05, 4.69) is 57.3 Å². The molecule has 0 amide bonds. The van der Waals surface area contributed by atoms with Gasteiger partial charge < -0.3 is 5.32 Å². The average molecular weight is 283 g/mol. The summed E-state index contributed by atoms with van der Waals surface area (Å²) in [6.07, 6.45) is 1.25. The van der Waals surface area contributed by atoms with E-state index in [1.54, 1.807) is 0 Å². The number of benzene rings is 1. The molecule has 2 rings (SSSR count). The largest absolute Gasteiger partial charge is 0.313 e. The van der Waals surface area contributed by atoms with E-state index in [1.807, 2.05) is 0 Å². The molecule has 0 aliphatic carbocycles. The lowest BCUT2D eigenvalue weighted by Gasteiger charge is -2.19. The molecule has 0 saturated carbocycles. The number of rotatable bonds is 2. The van der Waals surface area contributed by atoms with Crippen molar-refractivity contribution in [2.45, 2.75) is 25.9 Å². The predicted molar refractivity (Wildman–Crippen MR) is 71.5 cm³/mol. The number of hydrogen-bond acceptors (Lipinski definition) is 2. The molecular formula is C13H19BrN2. The van der Waals surface area contributed by atoms with Gasteiger partial charge in [0.1, 0.15) is 0 Å². The summed E-state index contributed by atoms with van der Waals surface area (Å²) in [7, 11) is 0. The molecule has 1 aliphatic heterocycles. The Morgan fingerprint density at radius 3 is 2.81 bits per heavy atom. The summed E-state index contributed by atoms with van der Waals surface area (Å²) < 4.78 is 1.16. The first-order chi connectivity index (χ1) is 7.74. The van der Waals surface area contributed by atoms with Crippen molar-refractivity contribution >= 4 is 15.9 Å². The summed E-state index contributed by atoms with van der Waals surface area (Å²) in [5, 5.41) is 3.52. The Morgan fingerprint density at radius 1 is 1.31 bits per heavy atom. The molecule has 3 heteroatoms. The van der Waals surface area contributed by atoms with Crippen LogP contribution >= 0.6 is 15.9 Å². The van der Waals surface area contributed by atoms with Crippen LogP contribution in [-0.4, -0.2) is 30.6 Å². The van der Waals surface area contributed by atoms with Crippen LogP contribution in [0.15, 0.2) is 28.7 Å². The van der Waals surface area contributed by atoms with E-state index in [1.165, 1.54) is 18.5 Å². The van der Waals surface area contributed by atoms with Gasteiger partial charge in [-0.15, -0.1) is 0 Å². The molecule has 88 valence electrons. The summed E-state index contributed by atoms with van der Waals surface area (Å²) in [6, 6.07) is 9.30. The van der Waals surface area contributed by atoms with Crippen LogP contribution < -0.4 is 5.32 Å². The molecule has 2 nitrogen and oxygen atoms in total. The third-order valence-corrected chi connectivity index (χ3v) is 3.65. The minimum absolute atomic E-state index is 0.662. The molecular weight excluding hydrogens is 264 g/mol. The molecule has 1 saturated heterocycles. The van der Waals surface area contributed by atoms with E-state index >= 15 is 0 Å². The fourth-order valence-electron chi connectivity index (χ4n) is 2.07. The maximum absolute atomic E-state index is 3.52. The van der Waals surface area contributed by atoms with Crippen molar-refractivity contribution in [2.24, 2.45) is 0 Å². The standard InChI is InChI=1S/C13H19BrN2/c1-11-6-8-16(9-7-15-11)10-12-2-4-13(14)5-3-12/h2-5,11,15H,6-10H2,1H3. The number of hydrogen-bond donors (Lipinski definition) is 1. The van der Waals surface area contributed by atoms with Gasteiger partial charge in [-0.2, -0.15) is 0 Å². The van der Waals surface area contributed by atoms with Crippen molar-refractivity contribution in [3.05, 3.63) is 34.3 Å². The number of halogens is 1. The number of nitrogens with one attached hydrogen (secondary N) is 1. The molecule has 0 spiro atoms. The average Bonchev–Trinajstić information content (AvgIpc) is 2.47. The Hall–Kier alpha value is -0.380. The summed E-state index contributed by atoms with van der Waals surface area (Å²) in [5.41, 5.74) is 1.40. The molecule has 1 aromatic carbocycles. The Morgan fingerprint density at radius 2 is 2.06 bits per heavy atom. The van der Waals surface area contributed by atoms with E-state index in [4.69, 9.17) is 0 Å².